The molecule has 0 aromatic heterocycles. The summed E-state index contributed by atoms with van der Waals surface area (Å²) in [6, 6.07) is 6.71. The summed E-state index contributed by atoms with van der Waals surface area (Å²) in [6.45, 7) is 9.30. The Balaban J connectivity index is 2.55. The van der Waals surface area contributed by atoms with Gasteiger partial charge in [-0.2, -0.15) is 0 Å². The largest absolute Gasteiger partial charge is 0.0705 e. The van der Waals surface area contributed by atoms with E-state index in [-0.39, 0.29) is 8.80 Å². The second-order valence-corrected chi connectivity index (χ2v) is 7.21. The van der Waals surface area contributed by atoms with Crippen molar-refractivity contribution in [1.82, 2.24) is 0 Å². The van der Waals surface area contributed by atoms with Crippen molar-refractivity contribution in [3.05, 3.63) is 40.5 Å². The first-order valence-corrected chi connectivity index (χ1v) is 7.76. The van der Waals surface area contributed by atoms with E-state index in [0.29, 0.717) is 0 Å². The Kier molecular flexibility index (Phi) is 2.36. The molecule has 1 heteroatoms. The molecule has 0 saturated heterocycles. The lowest BCUT2D eigenvalue weighted by Crippen LogP contribution is -2.15. The van der Waals surface area contributed by atoms with Crippen LogP contribution < -0.4 is 0 Å². The van der Waals surface area contributed by atoms with Gasteiger partial charge in [-0.05, 0) is 36.1 Å². The fourth-order valence-corrected chi connectivity index (χ4v) is 4.34. The molecule has 0 bridgehead atoms. The first kappa shape index (κ1) is 9.72. The maximum absolute atomic E-state index is 2.41. The van der Waals surface area contributed by atoms with Gasteiger partial charge >= 0.3 is 0 Å². The van der Waals surface area contributed by atoms with Gasteiger partial charge in [0.05, 0.1) is 8.80 Å². The summed E-state index contributed by atoms with van der Waals surface area (Å²) in [6.07, 6.45) is 2.38. The number of fused-ring (bicyclic) bond motifs is 1. The summed E-state index contributed by atoms with van der Waals surface area (Å²) in [5.41, 5.74) is 6.79. The summed E-state index contributed by atoms with van der Waals surface area (Å²) in [5.74, 6) is 0. The molecular weight excluding hydrogens is 184 g/mol. The molecule has 0 spiro atoms. The Labute approximate surface area is 88.3 Å². The third-order valence-electron chi connectivity index (χ3n) is 3.07. The molecule has 1 atom stereocenters. The summed E-state index contributed by atoms with van der Waals surface area (Å²) in [7, 11) is -0.258. The van der Waals surface area contributed by atoms with Crippen LogP contribution in [0.2, 0.25) is 13.1 Å². The van der Waals surface area contributed by atoms with E-state index in [2.05, 4.69) is 51.2 Å². The van der Waals surface area contributed by atoms with E-state index < -0.39 is 0 Å². The van der Waals surface area contributed by atoms with Crippen LogP contribution in [0.4, 0.5) is 0 Å². The predicted octanol–water partition coefficient (Wildman–Crippen LogP) is 3.79. The van der Waals surface area contributed by atoms with Crippen molar-refractivity contribution in [2.24, 2.45) is 0 Å². The number of hydrogen-bond donors (Lipinski definition) is 0. The molecule has 1 aliphatic rings. The summed E-state index contributed by atoms with van der Waals surface area (Å²) in [5, 5.41) is 0. The molecule has 14 heavy (non-hydrogen) atoms. The van der Waals surface area contributed by atoms with Crippen LogP contribution in [0.25, 0.3) is 6.08 Å². The molecule has 0 aliphatic heterocycles. The predicted molar refractivity (Wildman–Crippen MR) is 65.1 cm³/mol. The molecular formula is C13H17Si. The fourth-order valence-electron chi connectivity index (χ4n) is 2.47. The Bertz CT molecular complexity index is 388. The van der Waals surface area contributed by atoms with Crippen molar-refractivity contribution in [1.29, 1.82) is 0 Å². The number of benzene rings is 1. The number of hydrogen-bond acceptors (Lipinski definition) is 0. The molecule has 0 saturated carbocycles. The second kappa shape index (κ2) is 3.39. The van der Waals surface area contributed by atoms with Crippen molar-refractivity contribution < 1.29 is 0 Å². The monoisotopic (exact) mass is 201 g/mol. The molecule has 0 fully saturated rings. The molecule has 2 rings (SSSR count). The maximum Gasteiger partial charge on any atom is 0.0551 e. The van der Waals surface area contributed by atoms with E-state index in [1.807, 2.05) is 0 Å². The minimum Gasteiger partial charge on any atom is -0.0705 e. The van der Waals surface area contributed by atoms with E-state index in [1.54, 1.807) is 11.1 Å². The molecule has 1 radical (unpaired) electrons. The van der Waals surface area contributed by atoms with Crippen molar-refractivity contribution in [3.8, 4) is 0 Å². The van der Waals surface area contributed by atoms with Crippen molar-refractivity contribution in [2.45, 2.75) is 32.5 Å². The van der Waals surface area contributed by atoms with E-state index >= 15 is 0 Å². The van der Waals surface area contributed by atoms with Crippen molar-refractivity contribution >= 4 is 14.9 Å². The standard InChI is InChI=1S/C13H17Si/c1-9-6-5-7-11-12(9)8-10(2)13(11)14(3)4/h5-8,13H,1-4H3. The zero-order valence-electron chi connectivity index (χ0n) is 9.39. The van der Waals surface area contributed by atoms with Crippen molar-refractivity contribution in [2.75, 3.05) is 0 Å². The average molecular weight is 201 g/mol. The van der Waals surface area contributed by atoms with E-state index in [0.717, 1.165) is 5.54 Å². The summed E-state index contributed by atoms with van der Waals surface area (Å²) < 4.78 is 0. The highest BCUT2D eigenvalue weighted by atomic mass is 28.3. The SMILES string of the molecule is CC1=Cc2c(C)cccc2C1[Si](C)C. The fraction of sp³-hybridized carbons (Fsp3) is 0.385. The Morgan fingerprint density at radius 2 is 1.86 bits per heavy atom. The smallest absolute Gasteiger partial charge is 0.0551 e. The lowest BCUT2D eigenvalue weighted by atomic mass is 10.0. The average Bonchev–Trinajstić information content (AvgIpc) is 2.42. The molecule has 1 aromatic carbocycles. The van der Waals surface area contributed by atoms with Crippen LogP contribution >= 0.6 is 0 Å². The zero-order valence-corrected chi connectivity index (χ0v) is 10.4. The lowest BCUT2D eigenvalue weighted by Gasteiger charge is -2.17. The molecule has 0 N–H and O–H groups in total. The molecule has 0 amide bonds. The van der Waals surface area contributed by atoms with Gasteiger partial charge in [-0.1, -0.05) is 42.9 Å². The first-order chi connectivity index (χ1) is 6.61. The van der Waals surface area contributed by atoms with Crippen LogP contribution in [0, 0.1) is 6.92 Å². The first-order valence-electron chi connectivity index (χ1n) is 5.19. The van der Waals surface area contributed by atoms with E-state index in [1.165, 1.54) is 11.1 Å². The Morgan fingerprint density at radius 1 is 1.14 bits per heavy atom. The molecule has 0 nitrogen and oxygen atoms in total. The highest BCUT2D eigenvalue weighted by Gasteiger charge is 2.26. The van der Waals surface area contributed by atoms with Crippen LogP contribution in [0.3, 0.4) is 0 Å². The number of aryl methyl sites for hydroxylation is 1. The van der Waals surface area contributed by atoms with E-state index in [4.69, 9.17) is 0 Å². The van der Waals surface area contributed by atoms with Crippen LogP contribution in [-0.2, 0) is 0 Å². The van der Waals surface area contributed by atoms with Gasteiger partial charge in [0, 0.05) is 0 Å². The van der Waals surface area contributed by atoms with Gasteiger partial charge in [0.25, 0.3) is 0 Å². The summed E-state index contributed by atoms with van der Waals surface area (Å²) in [4.78, 5) is 0. The van der Waals surface area contributed by atoms with E-state index in [9.17, 15) is 0 Å². The van der Waals surface area contributed by atoms with Gasteiger partial charge in [0.2, 0.25) is 0 Å². The van der Waals surface area contributed by atoms with Gasteiger partial charge in [0.1, 0.15) is 0 Å². The van der Waals surface area contributed by atoms with Gasteiger partial charge in [-0.15, -0.1) is 0 Å². The quantitative estimate of drug-likeness (QED) is 0.606. The topological polar surface area (TPSA) is 0 Å². The minimum atomic E-state index is -0.258. The highest BCUT2D eigenvalue weighted by Crippen LogP contribution is 2.38. The summed E-state index contributed by atoms with van der Waals surface area (Å²) >= 11 is 0. The van der Waals surface area contributed by atoms with Crippen LogP contribution in [0.5, 0.6) is 0 Å². The van der Waals surface area contributed by atoms with Crippen molar-refractivity contribution in [3.63, 3.8) is 0 Å². The number of allylic oxidation sites excluding steroid dienone is 1. The van der Waals surface area contributed by atoms with Gasteiger partial charge in [-0.3, -0.25) is 0 Å². The second-order valence-electron chi connectivity index (χ2n) is 4.48. The Hall–Kier alpha value is -0.823. The molecule has 1 aliphatic carbocycles. The zero-order chi connectivity index (χ0) is 10.3. The maximum atomic E-state index is 2.41. The minimum absolute atomic E-state index is 0.258. The van der Waals surface area contributed by atoms with Gasteiger partial charge in [0.15, 0.2) is 0 Å². The third-order valence-corrected chi connectivity index (χ3v) is 4.99. The van der Waals surface area contributed by atoms with Gasteiger partial charge in [-0.25, -0.2) is 0 Å². The third kappa shape index (κ3) is 1.36. The molecule has 1 unspecified atom stereocenters. The Morgan fingerprint density at radius 3 is 2.50 bits per heavy atom. The number of rotatable bonds is 1. The van der Waals surface area contributed by atoms with Crippen LogP contribution in [-0.4, -0.2) is 8.80 Å². The van der Waals surface area contributed by atoms with Crippen LogP contribution in [0.1, 0.15) is 29.2 Å². The normalized spacial score (nSPS) is 19.8. The molecule has 1 aromatic rings. The highest BCUT2D eigenvalue weighted by molar-refractivity contribution is 6.58. The van der Waals surface area contributed by atoms with Crippen LogP contribution in [0.15, 0.2) is 23.8 Å². The lowest BCUT2D eigenvalue weighted by molar-refractivity contribution is 1.10. The molecule has 0 heterocycles. The molecule has 73 valence electrons. The van der Waals surface area contributed by atoms with Gasteiger partial charge < -0.3 is 0 Å².